The minimum absolute atomic E-state index is 0.00642. The number of nitrogens with zero attached hydrogens (tertiary/aromatic N) is 1. The first-order valence-electron chi connectivity index (χ1n) is 8.64. The molecule has 1 saturated heterocycles. The van der Waals surface area contributed by atoms with Crippen LogP contribution in [0.15, 0.2) is 59.5 Å². The number of unbranched alkanes of at least 4 members (excludes halogenated alkanes) is 1. The Morgan fingerprint density at radius 2 is 1.68 bits per heavy atom. The summed E-state index contributed by atoms with van der Waals surface area (Å²) in [5.41, 5.74) is 1.98. The molecule has 0 saturated carbocycles. The smallest absolute Gasteiger partial charge is 0.244 e. The van der Waals surface area contributed by atoms with Gasteiger partial charge in [-0.05, 0) is 31.0 Å². The molecular weight excluding hydrogens is 334 g/mol. The summed E-state index contributed by atoms with van der Waals surface area (Å²) < 4.78 is 27.4. The minimum Gasteiger partial charge on any atom is -0.298 e. The van der Waals surface area contributed by atoms with Crippen LogP contribution in [0.4, 0.5) is 0 Å². The van der Waals surface area contributed by atoms with E-state index in [-0.39, 0.29) is 10.7 Å². The quantitative estimate of drug-likeness (QED) is 0.707. The van der Waals surface area contributed by atoms with Gasteiger partial charge < -0.3 is 0 Å². The van der Waals surface area contributed by atoms with Gasteiger partial charge in [-0.3, -0.25) is 4.79 Å². The minimum atomic E-state index is -3.68. The lowest BCUT2D eigenvalue weighted by Crippen LogP contribution is -2.19. The molecule has 4 nitrogen and oxygen atoms in total. The molecule has 3 rings (SSSR count). The van der Waals surface area contributed by atoms with E-state index >= 15 is 0 Å². The summed E-state index contributed by atoms with van der Waals surface area (Å²) >= 11 is 0. The predicted molar refractivity (Wildman–Crippen MR) is 97.7 cm³/mol. The summed E-state index contributed by atoms with van der Waals surface area (Å²) in [6, 6.07) is 15.1. The van der Waals surface area contributed by atoms with Crippen LogP contribution < -0.4 is 0 Å². The highest BCUT2D eigenvalue weighted by Gasteiger charge is 2.59. The van der Waals surface area contributed by atoms with Crippen LogP contribution >= 0.6 is 0 Å². The van der Waals surface area contributed by atoms with Crippen molar-refractivity contribution in [2.24, 2.45) is 0 Å². The highest BCUT2D eigenvalue weighted by molar-refractivity contribution is 7.89. The molecule has 0 aliphatic carbocycles. The molecule has 0 spiro atoms. The largest absolute Gasteiger partial charge is 0.298 e. The topological polar surface area (TPSA) is 54.2 Å². The zero-order chi connectivity index (χ0) is 18.0. The molecule has 0 amide bonds. The Morgan fingerprint density at radius 1 is 1.04 bits per heavy atom. The summed E-state index contributed by atoms with van der Waals surface area (Å²) in [4.78, 5) is 12.8. The van der Waals surface area contributed by atoms with E-state index in [1.54, 1.807) is 30.3 Å². The molecule has 0 bridgehead atoms. The van der Waals surface area contributed by atoms with Gasteiger partial charge in [0.1, 0.15) is 6.04 Å². The molecule has 1 fully saturated rings. The van der Waals surface area contributed by atoms with Crippen molar-refractivity contribution in [2.45, 2.75) is 50.1 Å². The molecule has 2 aromatic carbocycles. The van der Waals surface area contributed by atoms with Crippen molar-refractivity contribution < 1.29 is 13.2 Å². The molecule has 25 heavy (non-hydrogen) atoms. The molecule has 0 radical (unpaired) electrons. The van der Waals surface area contributed by atoms with Crippen LogP contribution in [-0.2, 0) is 14.8 Å². The Labute approximate surface area is 149 Å². The van der Waals surface area contributed by atoms with E-state index in [2.05, 4.69) is 0 Å². The fourth-order valence-corrected chi connectivity index (χ4v) is 4.89. The maximum absolute atomic E-state index is 13.0. The number of benzene rings is 2. The third-order valence-electron chi connectivity index (χ3n) is 4.60. The summed E-state index contributed by atoms with van der Waals surface area (Å²) in [6.45, 7) is 4.01. The molecule has 2 aromatic rings. The number of carbonyl (C=O) groups is 1. The molecule has 0 aromatic heterocycles. The maximum Gasteiger partial charge on any atom is 0.244 e. The van der Waals surface area contributed by atoms with Crippen LogP contribution in [0, 0.1) is 6.92 Å². The van der Waals surface area contributed by atoms with Gasteiger partial charge in [0, 0.05) is 6.42 Å². The first kappa shape index (κ1) is 17.8. The Balaban J connectivity index is 1.94. The number of sulfonamides is 1. The van der Waals surface area contributed by atoms with Crippen molar-refractivity contribution in [1.82, 2.24) is 4.31 Å². The normalized spacial score (nSPS) is 22.6. The monoisotopic (exact) mass is 357 g/mol. The van der Waals surface area contributed by atoms with Gasteiger partial charge in [-0.2, -0.15) is 4.31 Å². The number of ketones is 1. The SMILES string of the molecule is CCCCC(=O)[C@H]1[C@@H](c2ccc(C)cc2)N1S(=O)(=O)c1ccccc1. The number of Topliss-reactive ketones (excluding diaryl/α,β-unsaturated/α-hetero) is 1. The van der Waals surface area contributed by atoms with Gasteiger partial charge in [-0.15, -0.1) is 0 Å². The second-order valence-electron chi connectivity index (χ2n) is 6.52. The molecular formula is C20H23NO3S. The highest BCUT2D eigenvalue weighted by Crippen LogP contribution is 2.48. The second kappa shape index (κ2) is 7.10. The van der Waals surface area contributed by atoms with Gasteiger partial charge in [0.2, 0.25) is 10.0 Å². The van der Waals surface area contributed by atoms with E-state index in [9.17, 15) is 13.2 Å². The van der Waals surface area contributed by atoms with Gasteiger partial charge in [-0.25, -0.2) is 8.42 Å². The third kappa shape index (κ3) is 3.53. The standard InChI is InChI=1S/C20H23NO3S/c1-3-4-10-18(22)20-19(16-13-11-15(2)12-14-16)21(20)25(23,24)17-8-6-5-7-9-17/h5-9,11-14,19-20H,3-4,10H2,1-2H3/t19-,20+,21?/m1/s1. The molecule has 1 aliphatic rings. The fraction of sp³-hybridized carbons (Fsp3) is 0.350. The summed E-state index contributed by atoms with van der Waals surface area (Å²) in [7, 11) is -3.68. The Morgan fingerprint density at radius 3 is 2.28 bits per heavy atom. The van der Waals surface area contributed by atoms with Crippen molar-refractivity contribution in [1.29, 1.82) is 0 Å². The van der Waals surface area contributed by atoms with Crippen LogP contribution in [0.2, 0.25) is 0 Å². The number of rotatable bonds is 7. The van der Waals surface area contributed by atoms with Crippen LogP contribution in [0.1, 0.15) is 43.4 Å². The maximum atomic E-state index is 13.0. The lowest BCUT2D eigenvalue weighted by atomic mass is 10.0. The van der Waals surface area contributed by atoms with Crippen molar-refractivity contribution in [3.8, 4) is 0 Å². The van der Waals surface area contributed by atoms with E-state index in [1.807, 2.05) is 38.1 Å². The van der Waals surface area contributed by atoms with Crippen LogP contribution in [0.25, 0.3) is 0 Å². The van der Waals surface area contributed by atoms with Crippen molar-refractivity contribution in [3.05, 3.63) is 65.7 Å². The van der Waals surface area contributed by atoms with E-state index in [0.29, 0.717) is 6.42 Å². The molecule has 1 unspecified atom stereocenters. The van der Waals surface area contributed by atoms with Crippen LogP contribution in [-0.4, -0.2) is 24.5 Å². The van der Waals surface area contributed by atoms with Crippen molar-refractivity contribution in [3.63, 3.8) is 0 Å². The number of hydrogen-bond donors (Lipinski definition) is 0. The summed E-state index contributed by atoms with van der Waals surface area (Å²) in [5, 5.41) is 0. The van der Waals surface area contributed by atoms with E-state index < -0.39 is 22.1 Å². The van der Waals surface area contributed by atoms with Gasteiger partial charge in [-0.1, -0.05) is 61.4 Å². The highest BCUT2D eigenvalue weighted by atomic mass is 32.2. The van der Waals surface area contributed by atoms with Gasteiger partial charge in [0.05, 0.1) is 10.9 Å². The zero-order valence-corrected chi connectivity index (χ0v) is 15.4. The Kier molecular flexibility index (Phi) is 5.06. The van der Waals surface area contributed by atoms with E-state index in [1.165, 1.54) is 4.31 Å². The predicted octanol–water partition coefficient (Wildman–Crippen LogP) is 3.87. The summed E-state index contributed by atoms with van der Waals surface area (Å²) in [5.74, 6) is 0.00642. The molecule has 1 aliphatic heterocycles. The van der Waals surface area contributed by atoms with Crippen LogP contribution in [0.3, 0.4) is 0 Å². The first-order chi connectivity index (χ1) is 12.0. The summed E-state index contributed by atoms with van der Waals surface area (Å²) in [6.07, 6.45) is 2.12. The Hall–Kier alpha value is -1.98. The van der Waals surface area contributed by atoms with Crippen LogP contribution in [0.5, 0.6) is 0 Å². The van der Waals surface area contributed by atoms with Gasteiger partial charge >= 0.3 is 0 Å². The molecule has 132 valence electrons. The average Bonchev–Trinajstić information content (AvgIpc) is 3.37. The molecule has 3 atom stereocenters. The number of carbonyl (C=O) groups excluding carboxylic acids is 1. The lowest BCUT2D eigenvalue weighted by molar-refractivity contribution is -0.119. The van der Waals surface area contributed by atoms with Crippen molar-refractivity contribution >= 4 is 15.8 Å². The third-order valence-corrected chi connectivity index (χ3v) is 6.48. The zero-order valence-electron chi connectivity index (χ0n) is 14.6. The molecule has 1 heterocycles. The van der Waals surface area contributed by atoms with Crippen molar-refractivity contribution in [2.75, 3.05) is 0 Å². The number of aryl methyl sites for hydroxylation is 1. The van der Waals surface area contributed by atoms with Gasteiger partial charge in [0.15, 0.2) is 5.78 Å². The van der Waals surface area contributed by atoms with Gasteiger partial charge in [0.25, 0.3) is 0 Å². The Bertz CT molecular complexity index is 844. The second-order valence-corrected chi connectivity index (χ2v) is 8.36. The van der Waals surface area contributed by atoms with E-state index in [0.717, 1.165) is 24.0 Å². The molecule has 0 N–H and O–H groups in total. The lowest BCUT2D eigenvalue weighted by Gasteiger charge is -2.07. The number of hydrogen-bond acceptors (Lipinski definition) is 3. The fourth-order valence-electron chi connectivity index (χ4n) is 3.13. The van der Waals surface area contributed by atoms with E-state index in [4.69, 9.17) is 0 Å². The first-order valence-corrected chi connectivity index (χ1v) is 10.1. The molecule has 5 heteroatoms. The average molecular weight is 357 g/mol.